The van der Waals surface area contributed by atoms with Gasteiger partial charge in [-0.05, 0) is 18.6 Å². The van der Waals surface area contributed by atoms with Gasteiger partial charge in [0.2, 0.25) is 0 Å². The maximum Gasteiger partial charge on any atom is 0.181 e. The number of rotatable bonds is 4. The zero-order valence-electron chi connectivity index (χ0n) is 7.58. The highest BCUT2D eigenvalue weighted by Crippen LogP contribution is 2.16. The molecular weight excluding hydrogens is 164 g/mol. The van der Waals surface area contributed by atoms with Gasteiger partial charge in [-0.3, -0.25) is 5.32 Å². The van der Waals surface area contributed by atoms with Gasteiger partial charge in [0.05, 0.1) is 12.3 Å². The maximum atomic E-state index is 8.38. The highest BCUT2D eigenvalue weighted by atomic mass is 16.5. The van der Waals surface area contributed by atoms with Crippen LogP contribution in [-0.4, -0.2) is 6.61 Å². The molecule has 0 aliphatic carbocycles. The molecule has 0 aliphatic rings. The molecule has 0 aromatic heterocycles. The van der Waals surface area contributed by atoms with E-state index in [4.69, 9.17) is 10.00 Å². The van der Waals surface area contributed by atoms with Crippen LogP contribution in [0, 0.1) is 11.5 Å². The SMILES string of the molecule is CCCOc1cccc(NC#N)c1. The van der Waals surface area contributed by atoms with E-state index in [1.807, 2.05) is 24.4 Å². The van der Waals surface area contributed by atoms with Crippen molar-refractivity contribution in [2.45, 2.75) is 13.3 Å². The van der Waals surface area contributed by atoms with E-state index in [1.54, 1.807) is 6.07 Å². The van der Waals surface area contributed by atoms with Gasteiger partial charge in [0.25, 0.3) is 0 Å². The van der Waals surface area contributed by atoms with E-state index in [-0.39, 0.29) is 0 Å². The molecule has 0 heterocycles. The molecule has 0 amide bonds. The molecule has 0 atom stereocenters. The number of hydrogen-bond acceptors (Lipinski definition) is 3. The molecular formula is C10H12N2O. The normalized spacial score (nSPS) is 8.92. The second-order valence-electron chi connectivity index (χ2n) is 2.61. The predicted molar refractivity (Wildman–Crippen MR) is 51.5 cm³/mol. The predicted octanol–water partition coefficient (Wildman–Crippen LogP) is 2.37. The molecule has 3 heteroatoms. The van der Waals surface area contributed by atoms with Crippen molar-refractivity contribution in [2.75, 3.05) is 11.9 Å². The zero-order chi connectivity index (χ0) is 9.52. The molecule has 68 valence electrons. The summed E-state index contributed by atoms with van der Waals surface area (Å²) in [5.74, 6) is 0.794. The molecule has 0 fully saturated rings. The molecule has 1 aromatic carbocycles. The van der Waals surface area contributed by atoms with Gasteiger partial charge in [0, 0.05) is 6.07 Å². The molecule has 0 radical (unpaired) electrons. The Morgan fingerprint density at radius 1 is 1.54 bits per heavy atom. The van der Waals surface area contributed by atoms with Crippen LogP contribution in [0.1, 0.15) is 13.3 Å². The Hall–Kier alpha value is -1.69. The standard InChI is InChI=1S/C10H12N2O/c1-2-6-13-10-5-3-4-9(7-10)12-8-11/h3-5,7,12H,2,6H2,1H3. The third-order valence-corrected chi connectivity index (χ3v) is 1.51. The Morgan fingerprint density at radius 2 is 2.38 bits per heavy atom. The number of anilines is 1. The molecule has 1 aromatic rings. The van der Waals surface area contributed by atoms with Gasteiger partial charge in [0.1, 0.15) is 5.75 Å². The Bertz CT molecular complexity index is 304. The van der Waals surface area contributed by atoms with Crippen molar-refractivity contribution in [3.8, 4) is 11.9 Å². The summed E-state index contributed by atoms with van der Waals surface area (Å²) in [4.78, 5) is 0. The highest BCUT2D eigenvalue weighted by Gasteiger charge is 1.94. The topological polar surface area (TPSA) is 45.0 Å². The Labute approximate surface area is 77.9 Å². The Kier molecular flexibility index (Phi) is 3.65. The smallest absolute Gasteiger partial charge is 0.181 e. The number of ether oxygens (including phenoxy) is 1. The van der Waals surface area contributed by atoms with E-state index >= 15 is 0 Å². The monoisotopic (exact) mass is 176 g/mol. The van der Waals surface area contributed by atoms with Crippen molar-refractivity contribution in [2.24, 2.45) is 0 Å². The number of nitrogens with zero attached hydrogens (tertiary/aromatic N) is 1. The zero-order valence-corrected chi connectivity index (χ0v) is 7.58. The number of nitrogens with one attached hydrogen (secondary N) is 1. The van der Waals surface area contributed by atoms with Gasteiger partial charge >= 0.3 is 0 Å². The Balaban J connectivity index is 2.63. The van der Waals surface area contributed by atoms with Crippen LogP contribution in [-0.2, 0) is 0 Å². The summed E-state index contributed by atoms with van der Waals surface area (Å²) in [7, 11) is 0. The molecule has 13 heavy (non-hydrogen) atoms. The first-order valence-electron chi connectivity index (χ1n) is 4.24. The van der Waals surface area contributed by atoms with Gasteiger partial charge < -0.3 is 4.74 Å². The summed E-state index contributed by atoms with van der Waals surface area (Å²) >= 11 is 0. The van der Waals surface area contributed by atoms with Gasteiger partial charge in [-0.1, -0.05) is 13.0 Å². The van der Waals surface area contributed by atoms with E-state index in [9.17, 15) is 0 Å². The van der Waals surface area contributed by atoms with E-state index in [0.29, 0.717) is 6.61 Å². The summed E-state index contributed by atoms with van der Waals surface area (Å²) in [5, 5.41) is 10.9. The summed E-state index contributed by atoms with van der Waals surface area (Å²) < 4.78 is 5.39. The Morgan fingerprint density at radius 3 is 3.08 bits per heavy atom. The molecule has 0 saturated heterocycles. The van der Waals surface area contributed by atoms with E-state index in [0.717, 1.165) is 17.9 Å². The number of benzene rings is 1. The van der Waals surface area contributed by atoms with Crippen molar-refractivity contribution in [1.29, 1.82) is 5.26 Å². The van der Waals surface area contributed by atoms with Crippen LogP contribution in [0.3, 0.4) is 0 Å². The third-order valence-electron chi connectivity index (χ3n) is 1.51. The van der Waals surface area contributed by atoms with E-state index < -0.39 is 0 Å². The lowest BCUT2D eigenvalue weighted by Crippen LogP contribution is -1.95. The van der Waals surface area contributed by atoms with Crippen molar-refractivity contribution >= 4 is 5.69 Å². The van der Waals surface area contributed by atoms with Crippen LogP contribution in [0.25, 0.3) is 0 Å². The van der Waals surface area contributed by atoms with Crippen LogP contribution >= 0.6 is 0 Å². The molecule has 1 N–H and O–H groups in total. The van der Waals surface area contributed by atoms with E-state index in [1.165, 1.54) is 0 Å². The minimum Gasteiger partial charge on any atom is -0.494 e. The lowest BCUT2D eigenvalue weighted by molar-refractivity contribution is 0.317. The largest absolute Gasteiger partial charge is 0.494 e. The van der Waals surface area contributed by atoms with Crippen LogP contribution in [0.4, 0.5) is 5.69 Å². The second kappa shape index (κ2) is 5.04. The van der Waals surface area contributed by atoms with E-state index in [2.05, 4.69) is 12.2 Å². The fourth-order valence-corrected chi connectivity index (χ4v) is 0.948. The van der Waals surface area contributed by atoms with Crippen LogP contribution in [0.15, 0.2) is 24.3 Å². The van der Waals surface area contributed by atoms with Crippen molar-refractivity contribution in [1.82, 2.24) is 0 Å². The first kappa shape index (κ1) is 9.40. The van der Waals surface area contributed by atoms with Gasteiger partial charge in [-0.25, -0.2) is 0 Å². The molecule has 1 rings (SSSR count). The lowest BCUT2D eigenvalue weighted by Gasteiger charge is -2.05. The average molecular weight is 176 g/mol. The lowest BCUT2D eigenvalue weighted by atomic mass is 10.3. The highest BCUT2D eigenvalue weighted by molar-refractivity contribution is 5.50. The fourth-order valence-electron chi connectivity index (χ4n) is 0.948. The van der Waals surface area contributed by atoms with Crippen LogP contribution < -0.4 is 10.1 Å². The van der Waals surface area contributed by atoms with Crippen molar-refractivity contribution < 1.29 is 4.74 Å². The first-order chi connectivity index (χ1) is 6.36. The van der Waals surface area contributed by atoms with Gasteiger partial charge in [0.15, 0.2) is 6.19 Å². The van der Waals surface area contributed by atoms with Crippen molar-refractivity contribution in [3.63, 3.8) is 0 Å². The summed E-state index contributed by atoms with van der Waals surface area (Å²) in [6, 6.07) is 7.35. The molecule has 0 spiro atoms. The fraction of sp³-hybridized carbons (Fsp3) is 0.300. The quantitative estimate of drug-likeness (QED) is 0.565. The molecule has 0 saturated carbocycles. The van der Waals surface area contributed by atoms with Crippen LogP contribution in [0.5, 0.6) is 5.75 Å². The maximum absolute atomic E-state index is 8.38. The number of nitriles is 1. The summed E-state index contributed by atoms with van der Waals surface area (Å²) in [6.07, 6.45) is 2.84. The first-order valence-corrected chi connectivity index (χ1v) is 4.24. The third kappa shape index (κ3) is 3.04. The molecule has 0 bridgehead atoms. The summed E-state index contributed by atoms with van der Waals surface area (Å²) in [6.45, 7) is 2.76. The average Bonchev–Trinajstić information content (AvgIpc) is 2.16. The summed E-state index contributed by atoms with van der Waals surface area (Å²) in [5.41, 5.74) is 0.760. The van der Waals surface area contributed by atoms with Crippen LogP contribution in [0.2, 0.25) is 0 Å². The van der Waals surface area contributed by atoms with Gasteiger partial charge in [-0.2, -0.15) is 5.26 Å². The molecule has 3 nitrogen and oxygen atoms in total. The minimum atomic E-state index is 0.704. The second-order valence-corrected chi connectivity index (χ2v) is 2.61. The van der Waals surface area contributed by atoms with Gasteiger partial charge in [-0.15, -0.1) is 0 Å². The molecule has 0 unspecified atom stereocenters. The minimum absolute atomic E-state index is 0.704. The number of hydrogen-bond donors (Lipinski definition) is 1. The molecule has 0 aliphatic heterocycles. The van der Waals surface area contributed by atoms with Crippen molar-refractivity contribution in [3.05, 3.63) is 24.3 Å².